The maximum atomic E-state index is 11.1. The molecule has 15 heavy (non-hydrogen) atoms. The van der Waals surface area contributed by atoms with Crippen LogP contribution in [-0.4, -0.2) is 22.9 Å². The number of aliphatic carboxylic acids is 1. The summed E-state index contributed by atoms with van der Waals surface area (Å²) in [6.07, 6.45) is 1.41. The van der Waals surface area contributed by atoms with Crippen molar-refractivity contribution in [1.29, 1.82) is 0 Å². The van der Waals surface area contributed by atoms with Crippen molar-refractivity contribution in [1.82, 2.24) is 10.4 Å². The second-order valence-electron chi connectivity index (χ2n) is 3.13. The van der Waals surface area contributed by atoms with Gasteiger partial charge in [0.1, 0.15) is 11.9 Å². The Kier molecular flexibility index (Phi) is 2.24. The second-order valence-corrected chi connectivity index (χ2v) is 3.13. The smallest absolute Gasteiger partial charge is 0.241 e. The number of hydrazine groups is 1. The van der Waals surface area contributed by atoms with Gasteiger partial charge in [-0.1, -0.05) is 6.07 Å². The van der Waals surface area contributed by atoms with Gasteiger partial charge in [0, 0.05) is 6.20 Å². The van der Waals surface area contributed by atoms with Gasteiger partial charge < -0.3 is 9.90 Å². The zero-order valence-corrected chi connectivity index (χ0v) is 7.71. The average Bonchev–Trinajstić information content (AvgIpc) is 2.62. The predicted molar refractivity (Wildman–Crippen MR) is 48.3 cm³/mol. The van der Waals surface area contributed by atoms with Crippen LogP contribution in [0.25, 0.3) is 0 Å². The molecule has 0 spiro atoms. The van der Waals surface area contributed by atoms with E-state index in [2.05, 4.69) is 10.4 Å². The first-order valence-electron chi connectivity index (χ1n) is 4.39. The van der Waals surface area contributed by atoms with E-state index in [1.54, 1.807) is 18.2 Å². The number of nitrogens with one attached hydrogen (secondary N) is 1. The summed E-state index contributed by atoms with van der Waals surface area (Å²) in [5.74, 6) is -1.26. The van der Waals surface area contributed by atoms with E-state index in [1.807, 2.05) is 0 Å². The van der Waals surface area contributed by atoms with Crippen LogP contribution < -0.4 is 15.5 Å². The summed E-state index contributed by atoms with van der Waals surface area (Å²) in [5.41, 5.74) is 2.41. The van der Waals surface area contributed by atoms with Crippen molar-refractivity contribution in [2.75, 3.05) is 5.01 Å². The van der Waals surface area contributed by atoms with Gasteiger partial charge in [0.15, 0.2) is 0 Å². The lowest BCUT2D eigenvalue weighted by atomic mass is 10.2. The lowest BCUT2D eigenvalue weighted by Gasteiger charge is -2.24. The lowest BCUT2D eigenvalue weighted by Crippen LogP contribution is -2.48. The van der Waals surface area contributed by atoms with Gasteiger partial charge in [-0.15, -0.1) is 0 Å². The van der Waals surface area contributed by atoms with E-state index in [4.69, 9.17) is 0 Å². The summed E-state index contributed by atoms with van der Waals surface area (Å²) >= 11 is 0. The highest BCUT2D eigenvalue weighted by Gasteiger charge is 2.31. The minimum Gasteiger partial charge on any atom is -0.548 e. The molecule has 6 nitrogen and oxygen atoms in total. The molecule has 2 heterocycles. The van der Waals surface area contributed by atoms with Gasteiger partial charge >= 0.3 is 0 Å². The third-order valence-corrected chi connectivity index (χ3v) is 2.10. The topological polar surface area (TPSA) is 85.4 Å². The molecular weight excluding hydrogens is 198 g/mol. The van der Waals surface area contributed by atoms with Gasteiger partial charge in [0.05, 0.1) is 12.4 Å². The van der Waals surface area contributed by atoms with E-state index < -0.39 is 12.0 Å². The van der Waals surface area contributed by atoms with Crippen LogP contribution in [0.15, 0.2) is 24.4 Å². The number of carbonyl (C=O) groups is 2. The summed E-state index contributed by atoms with van der Waals surface area (Å²) in [6, 6.07) is 4.03. The Morgan fingerprint density at radius 3 is 3.00 bits per heavy atom. The van der Waals surface area contributed by atoms with Crippen LogP contribution in [-0.2, 0) is 9.59 Å². The van der Waals surface area contributed by atoms with Crippen LogP contribution in [0.5, 0.6) is 0 Å². The van der Waals surface area contributed by atoms with E-state index in [1.165, 1.54) is 11.2 Å². The molecule has 1 N–H and O–H groups in total. The van der Waals surface area contributed by atoms with Crippen LogP contribution in [0.2, 0.25) is 0 Å². The van der Waals surface area contributed by atoms with Crippen molar-refractivity contribution in [3.05, 3.63) is 24.4 Å². The van der Waals surface area contributed by atoms with Crippen molar-refractivity contribution in [3.63, 3.8) is 0 Å². The molecule has 0 saturated carbocycles. The quantitative estimate of drug-likeness (QED) is 0.632. The highest BCUT2D eigenvalue weighted by molar-refractivity contribution is 5.91. The summed E-state index contributed by atoms with van der Waals surface area (Å²) in [5, 5.41) is 12.0. The standard InChI is InChI=1S/C9H9N3O3/c13-8-5-6(9(14)15)12(11-8)7-3-1-2-4-10-7/h1-4,6H,5H2,(H,11,13)(H,14,15)/p-1. The Morgan fingerprint density at radius 1 is 1.60 bits per heavy atom. The second kappa shape index (κ2) is 3.56. The van der Waals surface area contributed by atoms with Crippen molar-refractivity contribution in [3.8, 4) is 0 Å². The van der Waals surface area contributed by atoms with Gasteiger partial charge in [-0.3, -0.25) is 15.2 Å². The summed E-state index contributed by atoms with van der Waals surface area (Å²) in [4.78, 5) is 25.8. The molecule has 1 aromatic heterocycles. The maximum absolute atomic E-state index is 11.1. The Labute approximate surface area is 85.5 Å². The summed E-state index contributed by atoms with van der Waals surface area (Å²) in [7, 11) is 0. The van der Waals surface area contributed by atoms with E-state index in [0.717, 1.165) is 0 Å². The normalized spacial score (nSPS) is 20.1. The number of hydrogen-bond donors (Lipinski definition) is 1. The number of hydrogen-bond acceptors (Lipinski definition) is 5. The highest BCUT2D eigenvalue weighted by Crippen LogP contribution is 2.17. The van der Waals surface area contributed by atoms with Gasteiger partial charge in [-0.05, 0) is 12.1 Å². The molecule has 1 amide bonds. The van der Waals surface area contributed by atoms with Crippen LogP contribution in [0.1, 0.15) is 6.42 Å². The number of rotatable bonds is 2. The van der Waals surface area contributed by atoms with Crippen LogP contribution in [0, 0.1) is 0 Å². The van der Waals surface area contributed by atoms with Gasteiger partial charge in [-0.2, -0.15) is 0 Å². The summed E-state index contributed by atoms with van der Waals surface area (Å²) < 4.78 is 0. The van der Waals surface area contributed by atoms with Crippen molar-refractivity contribution < 1.29 is 14.7 Å². The Hall–Kier alpha value is -2.11. The SMILES string of the molecule is O=C1CC(C(=O)[O-])N(c2ccccn2)N1. The molecule has 0 aromatic carbocycles. The molecule has 78 valence electrons. The number of pyridine rings is 1. The van der Waals surface area contributed by atoms with Crippen LogP contribution >= 0.6 is 0 Å². The molecule has 1 aliphatic rings. The van der Waals surface area contributed by atoms with Crippen molar-refractivity contribution >= 4 is 17.7 Å². The fourth-order valence-electron chi connectivity index (χ4n) is 1.43. The van der Waals surface area contributed by atoms with Gasteiger partial charge in [-0.25, -0.2) is 4.98 Å². The van der Waals surface area contributed by atoms with Crippen LogP contribution in [0.3, 0.4) is 0 Å². The van der Waals surface area contributed by atoms with E-state index in [0.29, 0.717) is 5.82 Å². The van der Waals surface area contributed by atoms with Crippen molar-refractivity contribution in [2.45, 2.75) is 12.5 Å². The first-order chi connectivity index (χ1) is 7.18. The highest BCUT2D eigenvalue weighted by atomic mass is 16.4. The molecule has 0 radical (unpaired) electrons. The number of aromatic nitrogens is 1. The number of carboxylic acid groups (broad SMARTS) is 1. The largest absolute Gasteiger partial charge is 0.548 e. The molecule has 0 bridgehead atoms. The number of anilines is 1. The number of nitrogens with zero attached hydrogens (tertiary/aromatic N) is 2. The molecule has 0 aliphatic carbocycles. The van der Waals surface area contributed by atoms with E-state index >= 15 is 0 Å². The molecule has 6 heteroatoms. The maximum Gasteiger partial charge on any atom is 0.241 e. The van der Waals surface area contributed by atoms with E-state index in [9.17, 15) is 14.7 Å². The lowest BCUT2D eigenvalue weighted by molar-refractivity contribution is -0.307. The molecule has 1 unspecified atom stereocenters. The van der Waals surface area contributed by atoms with Gasteiger partial charge in [0.2, 0.25) is 5.91 Å². The number of carbonyl (C=O) groups excluding carboxylic acids is 2. The minimum absolute atomic E-state index is 0.112. The van der Waals surface area contributed by atoms with Crippen molar-refractivity contribution in [2.24, 2.45) is 0 Å². The van der Waals surface area contributed by atoms with Crippen LogP contribution in [0.4, 0.5) is 5.82 Å². The summed E-state index contributed by atoms with van der Waals surface area (Å²) in [6.45, 7) is 0. The third-order valence-electron chi connectivity index (χ3n) is 2.10. The molecule has 1 fully saturated rings. The fraction of sp³-hybridized carbons (Fsp3) is 0.222. The molecule has 2 rings (SSSR count). The fourth-order valence-corrected chi connectivity index (χ4v) is 1.43. The van der Waals surface area contributed by atoms with E-state index in [-0.39, 0.29) is 12.3 Å². The van der Waals surface area contributed by atoms with Gasteiger partial charge in [0.25, 0.3) is 0 Å². The Balaban J connectivity index is 2.28. The molecule has 1 aliphatic heterocycles. The zero-order valence-electron chi connectivity index (χ0n) is 7.71. The monoisotopic (exact) mass is 206 g/mol. The molecular formula is C9H8N3O3-. The first kappa shape index (κ1) is 9.45. The predicted octanol–water partition coefficient (Wildman–Crippen LogP) is -1.56. The first-order valence-corrected chi connectivity index (χ1v) is 4.39. The minimum atomic E-state index is -1.29. The average molecular weight is 206 g/mol. The number of carboxylic acids is 1. The molecule has 1 atom stereocenters. The Bertz CT molecular complexity index is 393. The third kappa shape index (κ3) is 1.74. The molecule has 1 saturated heterocycles. The zero-order chi connectivity index (χ0) is 10.8. The number of amides is 1. The Morgan fingerprint density at radius 2 is 2.40 bits per heavy atom. The molecule has 1 aromatic rings.